The van der Waals surface area contributed by atoms with E-state index in [1.54, 1.807) is 20.8 Å². The average molecular weight is 485 g/mol. The molecule has 0 fully saturated rings. The predicted molar refractivity (Wildman–Crippen MR) is 109 cm³/mol. The van der Waals surface area contributed by atoms with Crippen molar-refractivity contribution in [1.29, 1.82) is 0 Å². The smallest absolute Gasteiger partial charge is 0.412 e. The molecular weight excluding hydrogens is 460 g/mol. The summed E-state index contributed by atoms with van der Waals surface area (Å²) < 4.78 is 71.9. The van der Waals surface area contributed by atoms with E-state index in [9.17, 15) is 22.1 Å². The highest BCUT2D eigenvalue weighted by atomic mass is 79.9. The Morgan fingerprint density at radius 3 is 2.18 bits per heavy atom. The lowest BCUT2D eigenvalue weighted by atomic mass is 9.97. The average Bonchev–Trinajstić information content (AvgIpc) is 2.82. The molecule has 1 aromatic heterocycles. The van der Waals surface area contributed by atoms with Gasteiger partial charge in [0.1, 0.15) is 4.75 Å². The third kappa shape index (κ3) is 5.23. The minimum Gasteiger partial charge on any atom is -0.598 e. The molecule has 0 bridgehead atoms. The van der Waals surface area contributed by atoms with Gasteiger partial charge < -0.3 is 9.12 Å². The van der Waals surface area contributed by atoms with Gasteiger partial charge in [0.25, 0.3) is 0 Å². The molecular formula is C19H25BrF4N2OS. The normalized spacial score (nSPS) is 15.9. The van der Waals surface area contributed by atoms with Gasteiger partial charge in [0.2, 0.25) is 0 Å². The maximum atomic E-state index is 14.8. The van der Waals surface area contributed by atoms with Gasteiger partial charge in [-0.1, -0.05) is 26.8 Å². The highest BCUT2D eigenvalue weighted by Crippen LogP contribution is 2.40. The zero-order valence-corrected chi connectivity index (χ0v) is 19.1. The van der Waals surface area contributed by atoms with E-state index >= 15 is 0 Å². The van der Waals surface area contributed by atoms with Crippen LogP contribution in [-0.4, -0.2) is 20.0 Å². The first-order valence-electron chi connectivity index (χ1n) is 8.74. The predicted octanol–water partition coefficient (Wildman–Crippen LogP) is 6.24. The first kappa shape index (κ1) is 23.5. The van der Waals surface area contributed by atoms with Gasteiger partial charge in [0.15, 0.2) is 11.9 Å². The van der Waals surface area contributed by atoms with Crippen molar-refractivity contribution in [2.45, 2.75) is 65.1 Å². The number of nitrogens with zero attached hydrogens (tertiary/aromatic N) is 1. The fraction of sp³-hybridized carbons (Fsp3) is 0.579. The summed E-state index contributed by atoms with van der Waals surface area (Å²) in [5.74, 6) is -0.620. The zero-order valence-electron chi connectivity index (χ0n) is 16.7. The summed E-state index contributed by atoms with van der Waals surface area (Å²) in [7, 11) is 0. The number of hydrogen-bond acceptors (Lipinski definition) is 2. The SMILES string of the molecule is CC(C)(C)Cn1cc([C@H](N[S+]([O-])C(C)(C)C)C(F)(F)F)c2ccc(Br)c(F)c21. The molecule has 1 aromatic carbocycles. The van der Waals surface area contributed by atoms with Crippen LogP contribution in [0.3, 0.4) is 0 Å². The number of aromatic nitrogens is 1. The number of nitrogens with one attached hydrogen (secondary N) is 1. The Morgan fingerprint density at radius 1 is 1.14 bits per heavy atom. The van der Waals surface area contributed by atoms with Crippen LogP contribution in [0.5, 0.6) is 0 Å². The van der Waals surface area contributed by atoms with Crippen LogP contribution in [-0.2, 0) is 17.9 Å². The largest absolute Gasteiger partial charge is 0.598 e. The van der Waals surface area contributed by atoms with Crippen LogP contribution in [0.15, 0.2) is 22.8 Å². The Balaban J connectivity index is 2.70. The van der Waals surface area contributed by atoms with Crippen molar-refractivity contribution in [2.24, 2.45) is 5.41 Å². The molecule has 0 radical (unpaired) electrons. The summed E-state index contributed by atoms with van der Waals surface area (Å²) in [4.78, 5) is 0. The molecule has 9 heteroatoms. The van der Waals surface area contributed by atoms with Gasteiger partial charge in [-0.05, 0) is 48.2 Å². The Morgan fingerprint density at radius 2 is 1.71 bits per heavy atom. The second kappa shape index (κ2) is 7.81. The van der Waals surface area contributed by atoms with E-state index < -0.39 is 34.1 Å². The quantitative estimate of drug-likeness (QED) is 0.411. The van der Waals surface area contributed by atoms with Crippen LogP contribution in [0.25, 0.3) is 10.9 Å². The summed E-state index contributed by atoms with van der Waals surface area (Å²) in [5, 5.41) is 0.144. The van der Waals surface area contributed by atoms with Crippen LogP contribution < -0.4 is 4.72 Å². The van der Waals surface area contributed by atoms with Gasteiger partial charge in [-0.3, -0.25) is 0 Å². The van der Waals surface area contributed by atoms with Gasteiger partial charge >= 0.3 is 6.18 Å². The monoisotopic (exact) mass is 484 g/mol. The van der Waals surface area contributed by atoms with Crippen LogP contribution in [0.2, 0.25) is 0 Å². The van der Waals surface area contributed by atoms with Gasteiger partial charge in [0, 0.05) is 35.1 Å². The molecule has 3 nitrogen and oxygen atoms in total. The maximum absolute atomic E-state index is 14.8. The number of alkyl halides is 3. The van der Waals surface area contributed by atoms with Gasteiger partial charge in [-0.15, -0.1) is 4.72 Å². The molecule has 2 atom stereocenters. The first-order chi connectivity index (χ1) is 12.5. The lowest BCUT2D eigenvalue weighted by molar-refractivity contribution is -0.152. The Labute approximate surface area is 174 Å². The second-order valence-corrected chi connectivity index (χ2v) is 11.9. The number of benzene rings is 1. The summed E-state index contributed by atoms with van der Waals surface area (Å²) in [6.07, 6.45) is -3.39. The van der Waals surface area contributed by atoms with Crippen LogP contribution in [0.1, 0.15) is 53.1 Å². The fourth-order valence-electron chi connectivity index (χ4n) is 2.81. The molecule has 0 aliphatic heterocycles. The third-order valence-corrected chi connectivity index (χ3v) is 6.20. The highest BCUT2D eigenvalue weighted by molar-refractivity contribution is 9.10. The molecule has 1 unspecified atom stereocenters. The molecule has 2 rings (SSSR count). The molecule has 0 aliphatic rings. The molecule has 0 saturated carbocycles. The zero-order chi connectivity index (χ0) is 21.7. The first-order valence-corrected chi connectivity index (χ1v) is 10.7. The molecule has 0 spiro atoms. The van der Waals surface area contributed by atoms with Crippen LogP contribution >= 0.6 is 15.9 Å². The fourth-order valence-corrected chi connectivity index (χ4v) is 3.96. The number of hydrogen-bond donors (Lipinski definition) is 1. The van der Waals surface area contributed by atoms with E-state index in [-0.39, 0.29) is 26.4 Å². The topological polar surface area (TPSA) is 40.0 Å². The summed E-state index contributed by atoms with van der Waals surface area (Å²) in [6, 6.07) is 0.658. The molecule has 0 saturated heterocycles. The minimum absolute atomic E-state index is 0.0943. The molecule has 1 N–H and O–H groups in total. The number of halogens is 5. The van der Waals surface area contributed by atoms with Gasteiger partial charge in [0.05, 0.1) is 9.99 Å². The van der Waals surface area contributed by atoms with Gasteiger partial charge in [-0.25, -0.2) is 4.39 Å². The number of rotatable bonds is 4. The standard InChI is InChI=1S/C19H25BrF4N2OS/c1-17(2,3)10-26-9-12(11-7-8-13(20)14(21)15(11)26)16(19(22,23)24)25-28(27)18(4,5)6/h7-9,16,25H,10H2,1-6H3/t16-,28?/m0/s1. The summed E-state index contributed by atoms with van der Waals surface area (Å²) in [5.41, 5.74) is -0.333. The van der Waals surface area contributed by atoms with E-state index in [1.807, 2.05) is 20.8 Å². The molecule has 158 valence electrons. The lowest BCUT2D eigenvalue weighted by Crippen LogP contribution is -2.45. The van der Waals surface area contributed by atoms with E-state index in [0.29, 0.717) is 6.54 Å². The molecule has 2 aromatic rings. The molecule has 0 aliphatic carbocycles. The van der Waals surface area contributed by atoms with Gasteiger partial charge in [-0.2, -0.15) is 13.2 Å². The van der Waals surface area contributed by atoms with E-state index in [1.165, 1.54) is 22.9 Å². The Bertz CT molecular complexity index is 853. The minimum atomic E-state index is -4.70. The van der Waals surface area contributed by atoms with Crippen molar-refractivity contribution >= 4 is 38.2 Å². The van der Waals surface area contributed by atoms with Crippen molar-refractivity contribution in [1.82, 2.24) is 9.29 Å². The van der Waals surface area contributed by atoms with Crippen molar-refractivity contribution < 1.29 is 22.1 Å². The van der Waals surface area contributed by atoms with Crippen molar-refractivity contribution in [3.8, 4) is 0 Å². The maximum Gasteiger partial charge on any atom is 0.412 e. The Hall–Kier alpha value is -0.770. The summed E-state index contributed by atoms with van der Waals surface area (Å²) in [6.45, 7) is 10.8. The van der Waals surface area contributed by atoms with Crippen LogP contribution in [0.4, 0.5) is 17.6 Å². The third-order valence-electron chi connectivity index (χ3n) is 4.03. The van der Waals surface area contributed by atoms with Crippen molar-refractivity contribution in [3.05, 3.63) is 34.2 Å². The Kier molecular flexibility index (Phi) is 6.56. The molecule has 28 heavy (non-hydrogen) atoms. The van der Waals surface area contributed by atoms with E-state index in [0.717, 1.165) is 0 Å². The molecule has 0 amide bonds. The van der Waals surface area contributed by atoms with Crippen molar-refractivity contribution in [3.63, 3.8) is 0 Å². The van der Waals surface area contributed by atoms with E-state index in [4.69, 9.17) is 0 Å². The summed E-state index contributed by atoms with van der Waals surface area (Å²) >= 11 is 1.15. The van der Waals surface area contributed by atoms with Crippen LogP contribution in [0, 0.1) is 11.2 Å². The number of fused-ring (bicyclic) bond motifs is 1. The lowest BCUT2D eigenvalue weighted by Gasteiger charge is -2.29. The van der Waals surface area contributed by atoms with Crippen molar-refractivity contribution in [2.75, 3.05) is 0 Å². The van der Waals surface area contributed by atoms with E-state index in [2.05, 4.69) is 20.7 Å². The molecule has 1 heterocycles. The second-order valence-electron chi connectivity index (χ2n) is 9.00. The highest BCUT2D eigenvalue weighted by Gasteiger charge is 2.47.